The Morgan fingerprint density at radius 3 is 2.56 bits per heavy atom. The van der Waals surface area contributed by atoms with Crippen LogP contribution in [0.2, 0.25) is 0 Å². The van der Waals surface area contributed by atoms with Gasteiger partial charge in [0, 0.05) is 55.4 Å². The number of hydrogen-bond acceptors (Lipinski definition) is 3. The van der Waals surface area contributed by atoms with Crippen LogP contribution in [0, 0.1) is 18.7 Å². The second kappa shape index (κ2) is 10.9. The third-order valence-corrected chi connectivity index (χ3v) is 7.71. The molecule has 2 aliphatic rings. The molecular weight excluding hydrogens is 451 g/mol. The van der Waals surface area contributed by atoms with E-state index in [1.807, 2.05) is 24.3 Å². The van der Waals surface area contributed by atoms with Crippen LogP contribution in [-0.4, -0.2) is 54.6 Å². The number of benzene rings is 2. The number of aryl methyl sites for hydroxylation is 1. The first-order valence-electron chi connectivity index (χ1n) is 13.3. The number of nitrogens with zero attached hydrogens (tertiary/aromatic N) is 3. The fourth-order valence-corrected chi connectivity index (χ4v) is 5.71. The zero-order chi connectivity index (χ0) is 25.1. The normalized spacial score (nSPS) is 18.2. The summed E-state index contributed by atoms with van der Waals surface area (Å²) in [5.41, 5.74) is 6.69. The van der Waals surface area contributed by atoms with Crippen LogP contribution in [-0.2, 0) is 12.8 Å². The second-order valence-electron chi connectivity index (χ2n) is 10.4. The van der Waals surface area contributed by atoms with Gasteiger partial charge in [-0.3, -0.25) is 9.69 Å². The standard InChI is InChI=1S/C30H37FN4O/c1-22-8-13-28-25(20-22)21-23(2)35(28)26-11-9-24(10-12-26)30(36)32-14-5-15-33-16-18-34(19-17-33)29-7-4-3-6-27(29)31/h3-4,6-7,9-12,21-22H,5,8,13-20H2,1-2H3,(H,32,36)/t22-/m0/s1. The predicted molar refractivity (Wildman–Crippen MR) is 144 cm³/mol. The summed E-state index contributed by atoms with van der Waals surface area (Å²) in [7, 11) is 0. The molecule has 36 heavy (non-hydrogen) atoms. The lowest BCUT2D eigenvalue weighted by molar-refractivity contribution is 0.0951. The molecule has 0 spiro atoms. The van der Waals surface area contributed by atoms with Gasteiger partial charge in [-0.2, -0.15) is 0 Å². The van der Waals surface area contributed by atoms with Crippen LogP contribution in [0.4, 0.5) is 10.1 Å². The molecular formula is C30H37FN4O. The lowest BCUT2D eigenvalue weighted by Crippen LogP contribution is -2.47. The highest BCUT2D eigenvalue weighted by Crippen LogP contribution is 2.30. The summed E-state index contributed by atoms with van der Waals surface area (Å²) in [5, 5.41) is 3.07. The van der Waals surface area contributed by atoms with Gasteiger partial charge in [0.2, 0.25) is 0 Å². The highest BCUT2D eigenvalue weighted by molar-refractivity contribution is 5.94. The summed E-state index contributed by atoms with van der Waals surface area (Å²) in [6.07, 6.45) is 4.41. The summed E-state index contributed by atoms with van der Waals surface area (Å²) in [5.74, 6) is 0.576. The molecule has 1 amide bonds. The SMILES string of the molecule is Cc1cc2c(n1-c1ccc(C(=O)NCCCN3CCN(c4ccccc4F)CC3)cc1)CC[C@H](C)C2. The first-order valence-corrected chi connectivity index (χ1v) is 13.3. The van der Waals surface area contributed by atoms with Crippen LogP contribution in [0.25, 0.3) is 5.69 Å². The average molecular weight is 489 g/mol. The number of fused-ring (bicyclic) bond motifs is 1. The number of hydrogen-bond donors (Lipinski definition) is 1. The zero-order valence-corrected chi connectivity index (χ0v) is 21.5. The summed E-state index contributed by atoms with van der Waals surface area (Å²) >= 11 is 0. The van der Waals surface area contributed by atoms with Gasteiger partial charge in [-0.1, -0.05) is 19.1 Å². The molecule has 0 bridgehead atoms. The van der Waals surface area contributed by atoms with Gasteiger partial charge in [0.05, 0.1) is 5.69 Å². The lowest BCUT2D eigenvalue weighted by Gasteiger charge is -2.36. The number of carbonyl (C=O) groups is 1. The highest BCUT2D eigenvalue weighted by atomic mass is 19.1. The Labute approximate surface area is 213 Å². The molecule has 1 saturated heterocycles. The molecule has 0 radical (unpaired) electrons. The number of carbonyl (C=O) groups excluding carboxylic acids is 1. The van der Waals surface area contributed by atoms with E-state index in [0.717, 1.165) is 63.6 Å². The first-order chi connectivity index (χ1) is 17.5. The largest absolute Gasteiger partial charge is 0.367 e. The highest BCUT2D eigenvalue weighted by Gasteiger charge is 2.22. The molecule has 1 fully saturated rings. The van der Waals surface area contributed by atoms with Gasteiger partial charge in [-0.05, 0) is 93.1 Å². The minimum Gasteiger partial charge on any atom is -0.367 e. The molecule has 2 heterocycles. The van der Waals surface area contributed by atoms with E-state index in [2.05, 4.69) is 51.7 Å². The number of aromatic nitrogens is 1. The van der Waals surface area contributed by atoms with Crippen molar-refractivity contribution in [3.05, 3.63) is 82.9 Å². The van der Waals surface area contributed by atoms with Gasteiger partial charge >= 0.3 is 0 Å². The van der Waals surface area contributed by atoms with Gasteiger partial charge in [-0.25, -0.2) is 4.39 Å². The van der Waals surface area contributed by atoms with E-state index in [4.69, 9.17) is 0 Å². The van der Waals surface area contributed by atoms with Crippen molar-refractivity contribution >= 4 is 11.6 Å². The van der Waals surface area contributed by atoms with E-state index in [0.29, 0.717) is 17.8 Å². The van der Waals surface area contributed by atoms with Gasteiger partial charge in [0.25, 0.3) is 5.91 Å². The number of para-hydroxylation sites is 1. The van der Waals surface area contributed by atoms with Gasteiger partial charge in [0.1, 0.15) is 5.82 Å². The Morgan fingerprint density at radius 2 is 1.81 bits per heavy atom. The molecule has 3 aromatic rings. The Balaban J connectivity index is 1.08. The van der Waals surface area contributed by atoms with E-state index in [1.165, 1.54) is 29.4 Å². The summed E-state index contributed by atoms with van der Waals surface area (Å²) < 4.78 is 16.4. The summed E-state index contributed by atoms with van der Waals surface area (Å²) in [6, 6.07) is 17.3. The Morgan fingerprint density at radius 1 is 1.06 bits per heavy atom. The topological polar surface area (TPSA) is 40.5 Å². The second-order valence-corrected chi connectivity index (χ2v) is 10.4. The van der Waals surface area contributed by atoms with Crippen LogP contribution in [0.3, 0.4) is 0 Å². The molecule has 1 aliphatic carbocycles. The zero-order valence-electron chi connectivity index (χ0n) is 21.5. The molecule has 190 valence electrons. The first kappa shape index (κ1) is 24.6. The van der Waals surface area contributed by atoms with Crippen LogP contribution < -0.4 is 10.2 Å². The Kier molecular flexibility index (Phi) is 7.42. The van der Waals surface area contributed by atoms with Crippen molar-refractivity contribution in [1.82, 2.24) is 14.8 Å². The molecule has 5 rings (SSSR count). The van der Waals surface area contributed by atoms with Crippen molar-refractivity contribution in [1.29, 1.82) is 0 Å². The third kappa shape index (κ3) is 5.34. The Hall–Kier alpha value is -3.12. The minimum atomic E-state index is -0.154. The van der Waals surface area contributed by atoms with Crippen molar-refractivity contribution in [2.24, 2.45) is 5.92 Å². The summed E-state index contributed by atoms with van der Waals surface area (Å²) in [4.78, 5) is 17.2. The maximum absolute atomic E-state index is 14.0. The molecule has 6 heteroatoms. The van der Waals surface area contributed by atoms with Gasteiger partial charge < -0.3 is 14.8 Å². The van der Waals surface area contributed by atoms with Crippen molar-refractivity contribution < 1.29 is 9.18 Å². The number of halogens is 1. The van der Waals surface area contributed by atoms with E-state index in [9.17, 15) is 9.18 Å². The quantitative estimate of drug-likeness (QED) is 0.476. The number of anilines is 1. The predicted octanol–water partition coefficient (Wildman–Crippen LogP) is 4.99. The molecule has 2 aromatic carbocycles. The monoisotopic (exact) mass is 488 g/mol. The molecule has 0 saturated carbocycles. The number of amides is 1. The van der Waals surface area contributed by atoms with E-state index in [-0.39, 0.29) is 11.7 Å². The number of nitrogens with one attached hydrogen (secondary N) is 1. The Bertz CT molecular complexity index is 1190. The number of rotatable bonds is 7. The molecule has 0 unspecified atom stereocenters. The fourth-order valence-electron chi connectivity index (χ4n) is 5.71. The van der Waals surface area contributed by atoms with E-state index in [1.54, 1.807) is 6.07 Å². The average Bonchev–Trinajstić information content (AvgIpc) is 3.22. The number of piperazine rings is 1. The van der Waals surface area contributed by atoms with Gasteiger partial charge in [-0.15, -0.1) is 0 Å². The van der Waals surface area contributed by atoms with Crippen LogP contribution in [0.15, 0.2) is 54.6 Å². The van der Waals surface area contributed by atoms with Crippen LogP contribution >= 0.6 is 0 Å². The maximum Gasteiger partial charge on any atom is 0.251 e. The molecule has 1 aromatic heterocycles. The van der Waals surface area contributed by atoms with E-state index >= 15 is 0 Å². The van der Waals surface area contributed by atoms with Crippen molar-refractivity contribution in [3.63, 3.8) is 0 Å². The van der Waals surface area contributed by atoms with Crippen LogP contribution in [0.5, 0.6) is 0 Å². The lowest BCUT2D eigenvalue weighted by atomic mass is 9.89. The smallest absolute Gasteiger partial charge is 0.251 e. The van der Waals surface area contributed by atoms with Crippen LogP contribution in [0.1, 0.15) is 47.1 Å². The molecule has 1 N–H and O–H groups in total. The molecule has 1 aliphatic heterocycles. The molecule has 5 nitrogen and oxygen atoms in total. The fraction of sp³-hybridized carbons (Fsp3) is 0.433. The maximum atomic E-state index is 14.0. The molecule has 1 atom stereocenters. The minimum absolute atomic E-state index is 0.0222. The van der Waals surface area contributed by atoms with E-state index < -0.39 is 0 Å². The van der Waals surface area contributed by atoms with Crippen molar-refractivity contribution in [2.45, 2.75) is 39.5 Å². The van der Waals surface area contributed by atoms with Gasteiger partial charge in [0.15, 0.2) is 0 Å². The van der Waals surface area contributed by atoms with Crippen molar-refractivity contribution in [3.8, 4) is 5.69 Å². The summed E-state index contributed by atoms with van der Waals surface area (Å²) in [6.45, 7) is 9.54. The van der Waals surface area contributed by atoms with Crippen molar-refractivity contribution in [2.75, 3.05) is 44.2 Å². The third-order valence-electron chi connectivity index (χ3n) is 7.71.